The van der Waals surface area contributed by atoms with Crippen LogP contribution in [-0.2, 0) is 33.3 Å². The molecule has 0 fully saturated rings. The van der Waals surface area contributed by atoms with Crippen LogP contribution in [0.5, 0.6) is 0 Å². The molecule has 2 unspecified atom stereocenters. The smallest absolute Gasteiger partial charge is 0.306 e. The van der Waals surface area contributed by atoms with E-state index in [2.05, 4.69) is 62.5 Å². The van der Waals surface area contributed by atoms with Gasteiger partial charge in [-0.15, -0.1) is 0 Å². The average molecular weight is 1060 g/mol. The van der Waals surface area contributed by atoms with Gasteiger partial charge in [-0.3, -0.25) is 9.59 Å². The van der Waals surface area contributed by atoms with Gasteiger partial charge in [0.05, 0.1) is 40.3 Å². The Balaban J connectivity index is 4.05. The molecule has 0 radical (unpaired) electrons. The fraction of sp³-hybridized carbons (Fsp3) is 0.833. The number of ether oxygens (including phenoxy) is 4. The van der Waals surface area contributed by atoms with Gasteiger partial charge in [-0.2, -0.15) is 0 Å². The highest BCUT2D eigenvalue weighted by Crippen LogP contribution is 2.17. The zero-order valence-corrected chi connectivity index (χ0v) is 49.9. The van der Waals surface area contributed by atoms with Crippen LogP contribution in [0.2, 0.25) is 0 Å². The average Bonchev–Trinajstić information content (AvgIpc) is 3.38. The molecule has 0 aromatic carbocycles. The van der Waals surface area contributed by atoms with E-state index in [0.29, 0.717) is 23.9 Å². The van der Waals surface area contributed by atoms with E-state index >= 15 is 0 Å². The first kappa shape index (κ1) is 72.2. The zero-order chi connectivity index (χ0) is 54.8. The third-order valence-corrected chi connectivity index (χ3v) is 14.1. The topological polar surface area (TPSA) is 111 Å². The lowest BCUT2D eigenvalue weighted by molar-refractivity contribution is -0.870. The Bertz CT molecular complexity index is 1370. The standard InChI is InChI=1S/C66H121NO8/c1-6-8-10-12-14-16-18-20-22-24-25-26-27-28-29-30-31-32-33-34-35-36-37-38-39-41-42-44-46-48-50-52-54-56-63(68)73-60-62(61-74-66(65(70)71)72-59-58-67(3,4)5)75-64(69)57-55-53-51-49-47-45-43-40-23-21-19-17-15-13-11-9-7-2/h9,11,15,17,21,23-25,62,66H,6-8,10,12-14,16,18-20,22,26-61H2,1-5H3/b11-9-,17-15-,23-21-,25-24-. The second-order valence-electron chi connectivity index (χ2n) is 22.7. The molecule has 2 atom stereocenters. The highest BCUT2D eigenvalue weighted by molar-refractivity contribution is 5.70. The predicted molar refractivity (Wildman–Crippen MR) is 315 cm³/mol. The summed E-state index contributed by atoms with van der Waals surface area (Å²) in [6.45, 7) is 4.66. The molecule has 75 heavy (non-hydrogen) atoms. The molecule has 0 heterocycles. The van der Waals surface area contributed by atoms with Crippen molar-refractivity contribution in [3.8, 4) is 0 Å². The van der Waals surface area contributed by atoms with Crippen LogP contribution < -0.4 is 5.11 Å². The maximum atomic E-state index is 12.8. The molecule has 9 heteroatoms. The van der Waals surface area contributed by atoms with Gasteiger partial charge in [0.1, 0.15) is 13.2 Å². The van der Waals surface area contributed by atoms with Crippen LogP contribution in [0.15, 0.2) is 48.6 Å². The van der Waals surface area contributed by atoms with Crippen molar-refractivity contribution in [3.05, 3.63) is 48.6 Å². The maximum absolute atomic E-state index is 12.8. The molecule has 0 amide bonds. The lowest BCUT2D eigenvalue weighted by Gasteiger charge is -2.26. The molecule has 0 spiro atoms. The van der Waals surface area contributed by atoms with Crippen molar-refractivity contribution in [2.45, 2.75) is 309 Å². The van der Waals surface area contributed by atoms with Crippen LogP contribution in [0.3, 0.4) is 0 Å². The number of allylic oxidation sites excluding steroid dienone is 8. The molecular formula is C66H121NO8. The van der Waals surface area contributed by atoms with Crippen LogP contribution in [0, 0.1) is 0 Å². The highest BCUT2D eigenvalue weighted by atomic mass is 16.7. The molecule has 0 aliphatic carbocycles. The number of carbonyl (C=O) groups is 3. The van der Waals surface area contributed by atoms with Gasteiger partial charge in [-0.25, -0.2) is 0 Å². The summed E-state index contributed by atoms with van der Waals surface area (Å²) in [5, 5.41) is 11.8. The Kier molecular flexibility index (Phi) is 55.3. The molecule has 0 aliphatic rings. The summed E-state index contributed by atoms with van der Waals surface area (Å²) in [6.07, 6.45) is 69.1. The molecule has 0 saturated carbocycles. The van der Waals surface area contributed by atoms with Gasteiger partial charge in [-0.1, -0.05) is 262 Å². The van der Waals surface area contributed by atoms with Gasteiger partial charge in [-0.05, 0) is 70.6 Å². The third-order valence-electron chi connectivity index (χ3n) is 14.1. The number of hydrogen-bond donors (Lipinski definition) is 0. The summed E-state index contributed by atoms with van der Waals surface area (Å²) < 4.78 is 22.7. The normalized spacial score (nSPS) is 13.0. The van der Waals surface area contributed by atoms with E-state index in [1.54, 1.807) is 0 Å². The van der Waals surface area contributed by atoms with Gasteiger partial charge < -0.3 is 33.3 Å². The molecule has 0 bridgehead atoms. The molecule has 0 aromatic rings. The fourth-order valence-electron chi connectivity index (χ4n) is 9.20. The molecule has 0 saturated heterocycles. The van der Waals surface area contributed by atoms with Gasteiger partial charge >= 0.3 is 11.9 Å². The van der Waals surface area contributed by atoms with E-state index < -0.39 is 24.3 Å². The third kappa shape index (κ3) is 58.8. The minimum Gasteiger partial charge on any atom is -0.545 e. The minimum atomic E-state index is -1.62. The number of quaternary nitrogens is 1. The van der Waals surface area contributed by atoms with Crippen molar-refractivity contribution in [3.63, 3.8) is 0 Å². The van der Waals surface area contributed by atoms with Crippen molar-refractivity contribution in [2.24, 2.45) is 0 Å². The van der Waals surface area contributed by atoms with E-state index in [1.807, 2.05) is 21.1 Å². The summed E-state index contributed by atoms with van der Waals surface area (Å²) in [5.41, 5.74) is 0. The number of carbonyl (C=O) groups excluding carboxylic acids is 3. The first-order valence-corrected chi connectivity index (χ1v) is 31.8. The van der Waals surface area contributed by atoms with Crippen LogP contribution in [0.1, 0.15) is 296 Å². The Morgan fingerprint density at radius 2 is 0.760 bits per heavy atom. The molecule has 0 aromatic heterocycles. The number of carboxylic acid groups (broad SMARTS) is 1. The lowest BCUT2D eigenvalue weighted by Crippen LogP contribution is -2.44. The van der Waals surface area contributed by atoms with E-state index in [1.165, 1.54) is 199 Å². The Morgan fingerprint density at radius 3 is 1.15 bits per heavy atom. The largest absolute Gasteiger partial charge is 0.545 e. The minimum absolute atomic E-state index is 0.146. The zero-order valence-electron chi connectivity index (χ0n) is 49.9. The summed E-state index contributed by atoms with van der Waals surface area (Å²) >= 11 is 0. The van der Waals surface area contributed by atoms with Crippen LogP contribution in [0.25, 0.3) is 0 Å². The number of carboxylic acids is 1. The monoisotopic (exact) mass is 1060 g/mol. The van der Waals surface area contributed by atoms with Crippen molar-refractivity contribution < 1.29 is 42.9 Å². The van der Waals surface area contributed by atoms with E-state index in [0.717, 1.165) is 64.2 Å². The van der Waals surface area contributed by atoms with Crippen LogP contribution >= 0.6 is 0 Å². The Hall–Kier alpha value is -2.75. The van der Waals surface area contributed by atoms with Crippen LogP contribution in [-0.4, -0.2) is 82.3 Å². The number of unbranched alkanes of at least 4 members (excludes halogenated alkanes) is 36. The second kappa shape index (κ2) is 57.4. The SMILES string of the molecule is CC/C=C\C/C=C\C/C=C\CCCCCCCCCC(=O)OC(COC(=O)CCCCCCCCCCCCCCCCCCCCCCC/C=C\CCCCCCCCCC)COC(OCC[N+](C)(C)C)C(=O)[O-]. The van der Waals surface area contributed by atoms with E-state index in [9.17, 15) is 19.5 Å². The first-order chi connectivity index (χ1) is 36.6. The maximum Gasteiger partial charge on any atom is 0.306 e. The highest BCUT2D eigenvalue weighted by Gasteiger charge is 2.22. The van der Waals surface area contributed by atoms with Gasteiger partial charge in [0.2, 0.25) is 0 Å². The first-order valence-electron chi connectivity index (χ1n) is 31.8. The van der Waals surface area contributed by atoms with E-state index in [-0.39, 0.29) is 32.2 Å². The number of likely N-dealkylation sites (N-methyl/N-ethyl adjacent to an activating group) is 1. The van der Waals surface area contributed by atoms with Crippen molar-refractivity contribution in [1.29, 1.82) is 0 Å². The summed E-state index contributed by atoms with van der Waals surface area (Å²) in [4.78, 5) is 37.3. The molecule has 0 aliphatic heterocycles. The summed E-state index contributed by atoms with van der Waals surface area (Å²) in [5.74, 6) is -2.28. The number of nitrogens with zero attached hydrogens (tertiary/aromatic N) is 1. The fourth-order valence-corrected chi connectivity index (χ4v) is 9.20. The Morgan fingerprint density at radius 1 is 0.413 bits per heavy atom. The van der Waals surface area contributed by atoms with Gasteiger partial charge in [0.25, 0.3) is 0 Å². The van der Waals surface area contributed by atoms with Crippen molar-refractivity contribution in [2.75, 3.05) is 47.5 Å². The number of aliphatic carboxylic acids is 1. The Labute approximate surface area is 463 Å². The lowest BCUT2D eigenvalue weighted by atomic mass is 10.0. The van der Waals surface area contributed by atoms with E-state index in [4.69, 9.17) is 18.9 Å². The number of esters is 2. The van der Waals surface area contributed by atoms with Crippen molar-refractivity contribution >= 4 is 17.9 Å². The van der Waals surface area contributed by atoms with Crippen LogP contribution in [0.4, 0.5) is 0 Å². The molecule has 0 N–H and O–H groups in total. The molecular weight excluding hydrogens is 935 g/mol. The molecule has 0 rings (SSSR count). The number of hydrogen-bond acceptors (Lipinski definition) is 8. The van der Waals surface area contributed by atoms with Crippen molar-refractivity contribution in [1.82, 2.24) is 0 Å². The second-order valence-corrected chi connectivity index (χ2v) is 22.7. The summed E-state index contributed by atoms with van der Waals surface area (Å²) in [7, 11) is 5.92. The predicted octanol–water partition coefficient (Wildman–Crippen LogP) is 17.7. The number of rotatable bonds is 59. The van der Waals surface area contributed by atoms with Gasteiger partial charge in [0, 0.05) is 12.8 Å². The summed E-state index contributed by atoms with van der Waals surface area (Å²) in [6, 6.07) is 0. The molecule has 9 nitrogen and oxygen atoms in total. The van der Waals surface area contributed by atoms with Gasteiger partial charge in [0.15, 0.2) is 12.4 Å². The molecule has 438 valence electrons. The quantitative estimate of drug-likeness (QED) is 0.0195.